The van der Waals surface area contributed by atoms with Gasteiger partial charge in [0, 0.05) is 32.6 Å². The third-order valence-corrected chi connectivity index (χ3v) is 2.02. The van der Waals surface area contributed by atoms with Crippen molar-refractivity contribution in [3.05, 3.63) is 36.1 Å². The summed E-state index contributed by atoms with van der Waals surface area (Å²) < 4.78 is 0. The normalized spacial score (nSPS) is 10.5. The first kappa shape index (κ1) is 19.1. The lowest BCUT2D eigenvalue weighted by Crippen LogP contribution is -2.10. The minimum Gasteiger partial charge on any atom is -0.381 e. The molecule has 0 fully saturated rings. The summed E-state index contributed by atoms with van der Waals surface area (Å²) in [5.74, 6) is 2.25. The van der Waals surface area contributed by atoms with E-state index in [1.54, 1.807) is 13.0 Å². The number of hydrogen-bond donors (Lipinski definition) is 1. The molecule has 0 radical (unpaired) electrons. The Labute approximate surface area is 117 Å². The second-order valence-corrected chi connectivity index (χ2v) is 3.84. The maximum atomic E-state index is 8.41. The molecule has 3 heteroatoms. The summed E-state index contributed by atoms with van der Waals surface area (Å²) in [5.41, 5.74) is 1.28. The number of nitrogens with one attached hydrogen (secondary N) is 1. The van der Waals surface area contributed by atoms with Crippen molar-refractivity contribution in [1.29, 1.82) is 10.7 Å². The van der Waals surface area contributed by atoms with Crippen LogP contribution >= 0.6 is 0 Å². The second-order valence-electron chi connectivity index (χ2n) is 3.84. The van der Waals surface area contributed by atoms with Crippen LogP contribution in [0.4, 0.5) is 0 Å². The Kier molecular flexibility index (Phi) is 13.9. The van der Waals surface area contributed by atoms with E-state index in [2.05, 4.69) is 23.3 Å². The Morgan fingerprint density at radius 3 is 2.32 bits per heavy atom. The van der Waals surface area contributed by atoms with E-state index < -0.39 is 0 Å². The first-order valence-corrected chi connectivity index (χ1v) is 6.02. The van der Waals surface area contributed by atoms with Crippen molar-refractivity contribution in [3.8, 4) is 18.4 Å². The van der Waals surface area contributed by atoms with Gasteiger partial charge in [-0.15, -0.1) is 12.3 Å². The fourth-order valence-corrected chi connectivity index (χ4v) is 1.05. The van der Waals surface area contributed by atoms with Crippen molar-refractivity contribution >= 4 is 5.71 Å². The second kappa shape index (κ2) is 13.8. The maximum Gasteiger partial charge on any atom is 0.114 e. The molecule has 0 unspecified atom stereocenters. The molecule has 19 heavy (non-hydrogen) atoms. The highest BCUT2D eigenvalue weighted by Crippen LogP contribution is 2.06. The van der Waals surface area contributed by atoms with Crippen LogP contribution in [0.5, 0.6) is 0 Å². The van der Waals surface area contributed by atoms with E-state index in [1.807, 2.05) is 45.3 Å². The number of nitriles is 1. The molecule has 0 aliphatic heterocycles. The Morgan fingerprint density at radius 1 is 1.32 bits per heavy atom. The van der Waals surface area contributed by atoms with Crippen molar-refractivity contribution in [2.24, 2.45) is 0 Å². The zero-order valence-corrected chi connectivity index (χ0v) is 12.3. The molecule has 0 atom stereocenters. The van der Waals surface area contributed by atoms with E-state index in [0.717, 1.165) is 6.42 Å². The van der Waals surface area contributed by atoms with Crippen molar-refractivity contribution < 1.29 is 0 Å². The van der Waals surface area contributed by atoms with Crippen LogP contribution in [0, 0.1) is 29.1 Å². The molecule has 0 heterocycles. The lowest BCUT2D eigenvalue weighted by Gasteiger charge is -2.14. The summed E-state index contributed by atoms with van der Waals surface area (Å²) >= 11 is 0. The van der Waals surface area contributed by atoms with Crippen LogP contribution in [-0.4, -0.2) is 24.7 Å². The first-order chi connectivity index (χ1) is 9.03. The number of hydrogen-bond acceptors (Lipinski definition) is 3. The zero-order valence-electron chi connectivity index (χ0n) is 12.3. The Balaban J connectivity index is 0. The molecular weight excluding hydrogens is 234 g/mol. The van der Waals surface area contributed by atoms with Crippen molar-refractivity contribution in [3.63, 3.8) is 0 Å². The van der Waals surface area contributed by atoms with Crippen LogP contribution in [0.3, 0.4) is 0 Å². The molecule has 0 aromatic heterocycles. The minimum atomic E-state index is 0.0875. The molecule has 0 aromatic rings. The van der Waals surface area contributed by atoms with E-state index in [0.29, 0.717) is 6.42 Å². The SMILES string of the molecule is C#CC.C/C=C/C/C(=C\C=C/CC(=N)C#N)N(C)C. The van der Waals surface area contributed by atoms with Gasteiger partial charge in [0.05, 0.1) is 0 Å². The predicted octanol–water partition coefficient (Wildman–Crippen LogP) is 3.53. The Bertz CT molecular complexity index is 412. The van der Waals surface area contributed by atoms with E-state index in [1.165, 1.54) is 5.70 Å². The quantitative estimate of drug-likeness (QED) is 0.342. The maximum absolute atomic E-state index is 8.41. The highest BCUT2D eigenvalue weighted by molar-refractivity contribution is 5.96. The molecule has 1 N–H and O–H groups in total. The molecule has 0 spiro atoms. The average Bonchev–Trinajstić information content (AvgIpc) is 2.38. The summed E-state index contributed by atoms with van der Waals surface area (Å²) in [6.45, 7) is 3.65. The molecule has 0 aliphatic carbocycles. The first-order valence-electron chi connectivity index (χ1n) is 6.02. The van der Waals surface area contributed by atoms with Gasteiger partial charge in [-0.25, -0.2) is 0 Å². The van der Waals surface area contributed by atoms with Gasteiger partial charge in [0.1, 0.15) is 11.8 Å². The van der Waals surface area contributed by atoms with Crippen molar-refractivity contribution in [1.82, 2.24) is 4.90 Å². The third-order valence-electron chi connectivity index (χ3n) is 2.02. The highest BCUT2D eigenvalue weighted by Gasteiger charge is 1.94. The Hall–Kier alpha value is -2.26. The zero-order chi connectivity index (χ0) is 15.1. The Morgan fingerprint density at radius 2 is 1.89 bits per heavy atom. The van der Waals surface area contributed by atoms with Gasteiger partial charge in [-0.3, -0.25) is 5.41 Å². The molecule has 0 bridgehead atoms. The van der Waals surface area contributed by atoms with Crippen molar-refractivity contribution in [2.75, 3.05) is 14.1 Å². The van der Waals surface area contributed by atoms with E-state index >= 15 is 0 Å². The van der Waals surface area contributed by atoms with Gasteiger partial charge in [0.15, 0.2) is 0 Å². The minimum absolute atomic E-state index is 0.0875. The van der Waals surface area contributed by atoms with Gasteiger partial charge in [-0.05, 0) is 19.9 Å². The third kappa shape index (κ3) is 13.7. The standard InChI is InChI=1S/C13H19N3.C3H4/c1-4-5-9-13(16(2)3)10-7-6-8-12(15)11-14;1-3-2/h4-7,10,15H,8-9H2,1-3H3;1H,2H3/b5-4+,7-6-,13-10+,15-12?;. The van der Waals surface area contributed by atoms with Gasteiger partial charge < -0.3 is 4.90 Å². The molecule has 0 rings (SSSR count). The smallest absolute Gasteiger partial charge is 0.114 e. The monoisotopic (exact) mass is 257 g/mol. The van der Waals surface area contributed by atoms with Gasteiger partial charge in [-0.2, -0.15) is 5.26 Å². The molecule has 0 saturated heterocycles. The summed E-state index contributed by atoms with van der Waals surface area (Å²) in [4.78, 5) is 2.06. The summed E-state index contributed by atoms with van der Waals surface area (Å²) in [6.07, 6.45) is 15.7. The predicted molar refractivity (Wildman–Crippen MR) is 82.8 cm³/mol. The molecule has 102 valence electrons. The van der Waals surface area contributed by atoms with Crippen LogP contribution in [-0.2, 0) is 0 Å². The molecule has 0 amide bonds. The van der Waals surface area contributed by atoms with Crippen LogP contribution < -0.4 is 0 Å². The van der Waals surface area contributed by atoms with Crippen LogP contribution in [0.25, 0.3) is 0 Å². The largest absolute Gasteiger partial charge is 0.381 e. The lowest BCUT2D eigenvalue weighted by molar-refractivity contribution is 0.501. The van der Waals surface area contributed by atoms with Gasteiger partial charge >= 0.3 is 0 Å². The fraction of sp³-hybridized carbons (Fsp3) is 0.375. The number of nitrogens with zero attached hydrogens (tertiary/aromatic N) is 2. The number of rotatable bonds is 6. The van der Waals surface area contributed by atoms with Crippen molar-refractivity contribution in [2.45, 2.75) is 26.7 Å². The molecule has 0 aliphatic rings. The van der Waals surface area contributed by atoms with E-state index in [-0.39, 0.29) is 5.71 Å². The van der Waals surface area contributed by atoms with Crippen LogP contribution in [0.1, 0.15) is 26.7 Å². The summed E-state index contributed by atoms with van der Waals surface area (Å²) in [7, 11) is 4.00. The highest BCUT2D eigenvalue weighted by atomic mass is 15.1. The molecule has 0 saturated carbocycles. The topological polar surface area (TPSA) is 50.9 Å². The van der Waals surface area contributed by atoms with E-state index in [4.69, 9.17) is 10.7 Å². The molecular formula is C16H23N3. The van der Waals surface area contributed by atoms with Crippen LogP contribution in [0.2, 0.25) is 0 Å². The van der Waals surface area contributed by atoms with Gasteiger partial charge in [0.25, 0.3) is 0 Å². The molecule has 0 aromatic carbocycles. The van der Waals surface area contributed by atoms with E-state index in [9.17, 15) is 0 Å². The van der Waals surface area contributed by atoms with Gasteiger partial charge in [0.2, 0.25) is 0 Å². The van der Waals surface area contributed by atoms with Gasteiger partial charge in [-0.1, -0.05) is 24.3 Å². The fourth-order valence-electron chi connectivity index (χ4n) is 1.05. The average molecular weight is 257 g/mol. The molecule has 3 nitrogen and oxygen atoms in total. The number of terminal acetylenes is 1. The van der Waals surface area contributed by atoms with Crippen LogP contribution in [0.15, 0.2) is 36.1 Å². The lowest BCUT2D eigenvalue weighted by atomic mass is 10.2. The summed E-state index contributed by atoms with van der Waals surface area (Å²) in [6, 6.07) is 1.80. The number of allylic oxidation sites excluding steroid dienone is 5. The summed E-state index contributed by atoms with van der Waals surface area (Å²) in [5, 5.41) is 15.6.